The Morgan fingerprint density at radius 3 is 1.27 bits per heavy atom. The summed E-state index contributed by atoms with van der Waals surface area (Å²) in [7, 11) is 0. The number of para-hydroxylation sites is 5. The quantitative estimate of drug-likeness (QED) is 0.153. The number of anilines is 4. The van der Waals surface area contributed by atoms with Crippen LogP contribution in [-0.2, 0) is 29.3 Å². The van der Waals surface area contributed by atoms with Gasteiger partial charge in [0.2, 0.25) is 0 Å². The predicted molar refractivity (Wildman–Crippen MR) is 342 cm³/mol. The topological polar surface area (TPSA) is 25.4 Å². The lowest BCUT2D eigenvalue weighted by atomic mass is 9.76. The summed E-state index contributed by atoms with van der Waals surface area (Å²) in [6, 6.07) is 43.6. The van der Waals surface area contributed by atoms with Crippen LogP contribution in [0, 0.1) is 5.41 Å². The number of fused-ring (bicyclic) bond motifs is 5. The fourth-order valence-corrected chi connectivity index (χ4v) is 12.7. The molecule has 5 aromatic carbocycles. The molecule has 5 aromatic rings. The van der Waals surface area contributed by atoms with Crippen molar-refractivity contribution in [3.8, 4) is 5.75 Å². The largest absolute Gasteiger partial charge is 0.484 e. The molecule has 0 saturated carbocycles. The van der Waals surface area contributed by atoms with Crippen LogP contribution in [0.25, 0.3) is 0 Å². The number of hydrogen-bond acceptors (Lipinski definition) is 6. The maximum atomic E-state index is 6.00. The maximum Gasteiger partial charge on any atom is 0.143 e. The molecule has 0 atom stereocenters. The smallest absolute Gasteiger partial charge is 0.143 e. The monoisotopic (exact) mass is 1060 g/mol. The van der Waals surface area contributed by atoms with E-state index in [0.29, 0.717) is 10.8 Å². The van der Waals surface area contributed by atoms with Crippen molar-refractivity contribution in [2.24, 2.45) is 5.41 Å². The Morgan fingerprint density at radius 2 is 0.769 bits per heavy atom. The van der Waals surface area contributed by atoms with Crippen LogP contribution in [0.15, 0.2) is 121 Å². The van der Waals surface area contributed by atoms with Gasteiger partial charge in [-0.3, -0.25) is 4.90 Å². The molecule has 0 amide bonds. The van der Waals surface area contributed by atoms with Gasteiger partial charge < -0.3 is 24.3 Å². The Kier molecular flexibility index (Phi) is 17.7. The lowest BCUT2D eigenvalue weighted by Crippen LogP contribution is -2.54. The van der Waals surface area contributed by atoms with E-state index in [4.69, 9.17) is 4.74 Å². The molecule has 0 radical (unpaired) electrons. The van der Waals surface area contributed by atoms with E-state index in [0.717, 1.165) is 38.5 Å². The highest BCUT2D eigenvalue weighted by Crippen LogP contribution is 2.46. The summed E-state index contributed by atoms with van der Waals surface area (Å²) in [6.45, 7) is 62.7. The summed E-state index contributed by atoms with van der Waals surface area (Å²) in [5, 5.41) is 0. The zero-order chi connectivity index (χ0) is 58.5. The van der Waals surface area contributed by atoms with Crippen molar-refractivity contribution in [3.05, 3.63) is 149 Å². The first-order valence-electron chi connectivity index (χ1n) is 29.6. The van der Waals surface area contributed by atoms with Gasteiger partial charge in [-0.05, 0) is 213 Å². The number of rotatable bonds is 0. The average molecular weight is 1060 g/mol. The third kappa shape index (κ3) is 14.5. The standard InChI is InChI=1S/2C15H23N.C14H21NO.2C14H21N/c1-14(2,3)16-11-15(4,5)10-12-8-6-7-9-13(12)16;1-14(2,3)16-11-10-15(4,5)12-8-6-7-9-13(12)16;1-13(2,3)15-10-14(4,5)16-12-9-7-6-8-11(12)15;1-13(2,3)15-10-14(4,5)11-8-6-7-9-12(11)15;1-13(2,3)15-10-11-8-6-7-9-12(11)14(15,4)5/h2*6-9H,10-11H2,1-5H3;6-9H,10H2,1-5H3;2*6-9H,10H2,1-5H3. The van der Waals surface area contributed by atoms with E-state index in [1.807, 2.05) is 6.07 Å². The van der Waals surface area contributed by atoms with E-state index in [1.165, 1.54) is 63.4 Å². The molecule has 5 aliphatic heterocycles. The second-order valence-corrected chi connectivity index (χ2v) is 31.4. The van der Waals surface area contributed by atoms with Crippen molar-refractivity contribution in [1.29, 1.82) is 0 Å². The van der Waals surface area contributed by atoms with Gasteiger partial charge in [-0.25, -0.2) is 0 Å². The van der Waals surface area contributed by atoms with Crippen molar-refractivity contribution < 1.29 is 4.74 Å². The molecule has 0 fully saturated rings. The van der Waals surface area contributed by atoms with Gasteiger partial charge in [0, 0.05) is 81.9 Å². The molecule has 78 heavy (non-hydrogen) atoms. The second-order valence-electron chi connectivity index (χ2n) is 31.4. The molecule has 0 unspecified atom stereocenters. The molecular weight excluding hydrogens is 951 g/mol. The molecule has 6 nitrogen and oxygen atoms in total. The van der Waals surface area contributed by atoms with Crippen LogP contribution >= 0.6 is 0 Å². The van der Waals surface area contributed by atoms with E-state index >= 15 is 0 Å². The molecule has 6 heteroatoms. The highest BCUT2D eigenvalue weighted by Gasteiger charge is 2.43. The first-order chi connectivity index (χ1) is 35.6. The molecule has 0 bridgehead atoms. The minimum Gasteiger partial charge on any atom is -0.484 e. The van der Waals surface area contributed by atoms with Crippen LogP contribution in [0.2, 0.25) is 0 Å². The SMILES string of the molecule is CC(C)(C)N1Cc2ccccc2C1(C)C.CC1(C)CCN(C(C)(C)C)c2ccccc21.CC1(C)CN(C(C)(C)C)c2ccccc21.CC1(C)CN(C(C)(C)C)c2ccccc2O1.CC1(C)Cc2ccccc2N(C(C)(C)C)C1. The van der Waals surface area contributed by atoms with Crippen LogP contribution in [0.4, 0.5) is 22.7 Å². The Morgan fingerprint density at radius 1 is 0.372 bits per heavy atom. The third-order valence-corrected chi connectivity index (χ3v) is 16.7. The van der Waals surface area contributed by atoms with Gasteiger partial charge >= 0.3 is 0 Å². The van der Waals surface area contributed by atoms with Gasteiger partial charge in [-0.2, -0.15) is 0 Å². The van der Waals surface area contributed by atoms with E-state index in [9.17, 15) is 0 Å². The third-order valence-electron chi connectivity index (χ3n) is 16.7. The fourth-order valence-electron chi connectivity index (χ4n) is 12.7. The molecular formula is C72H109N5O. The van der Waals surface area contributed by atoms with Crippen LogP contribution in [0.1, 0.15) is 207 Å². The van der Waals surface area contributed by atoms with Crippen LogP contribution in [-0.4, -0.2) is 64.4 Å². The van der Waals surface area contributed by atoms with Crippen LogP contribution in [0.5, 0.6) is 5.75 Å². The molecule has 0 aromatic heterocycles. The highest BCUT2D eigenvalue weighted by molar-refractivity contribution is 5.65. The molecule has 0 spiro atoms. The number of nitrogens with zero attached hydrogens (tertiary/aromatic N) is 5. The van der Waals surface area contributed by atoms with Gasteiger partial charge in [0.05, 0.1) is 12.2 Å². The minimum absolute atomic E-state index is 0.122. The van der Waals surface area contributed by atoms with Crippen molar-refractivity contribution in [3.63, 3.8) is 0 Å². The predicted octanol–water partition coefficient (Wildman–Crippen LogP) is 18.4. The normalized spacial score (nSPS) is 19.4. The van der Waals surface area contributed by atoms with E-state index < -0.39 is 0 Å². The lowest BCUT2D eigenvalue weighted by molar-refractivity contribution is 0.0357. The molecule has 10 rings (SSSR count). The van der Waals surface area contributed by atoms with E-state index in [1.54, 1.807) is 0 Å². The summed E-state index contributed by atoms with van der Waals surface area (Å²) in [6.07, 6.45) is 2.43. The summed E-state index contributed by atoms with van der Waals surface area (Å²) >= 11 is 0. The summed E-state index contributed by atoms with van der Waals surface area (Å²) < 4.78 is 6.00. The number of benzene rings is 5. The molecule has 428 valence electrons. The molecule has 0 saturated heterocycles. The van der Waals surface area contributed by atoms with Crippen molar-refractivity contribution >= 4 is 22.7 Å². The molecule has 5 aliphatic rings. The van der Waals surface area contributed by atoms with Gasteiger partial charge in [0.1, 0.15) is 11.4 Å². The van der Waals surface area contributed by atoms with Crippen LogP contribution in [0.3, 0.4) is 0 Å². The number of ether oxygens (including phenoxy) is 1. The fraction of sp³-hybridized carbons (Fsp3) is 0.583. The second kappa shape index (κ2) is 22.2. The molecule has 0 N–H and O–H groups in total. The van der Waals surface area contributed by atoms with E-state index in [-0.39, 0.29) is 44.2 Å². The Hall–Kier alpha value is -4.94. The Labute approximate surface area is 478 Å². The van der Waals surface area contributed by atoms with Crippen LogP contribution < -0.4 is 24.3 Å². The average Bonchev–Trinajstić information content (AvgIpc) is 3.85. The van der Waals surface area contributed by atoms with E-state index in [2.05, 4.69) is 313 Å². The first kappa shape index (κ1) is 62.3. The van der Waals surface area contributed by atoms with Gasteiger partial charge in [-0.15, -0.1) is 0 Å². The van der Waals surface area contributed by atoms with Gasteiger partial charge in [0.15, 0.2) is 0 Å². The van der Waals surface area contributed by atoms with Gasteiger partial charge in [-0.1, -0.05) is 133 Å². The summed E-state index contributed by atoms with van der Waals surface area (Å²) in [4.78, 5) is 12.6. The Bertz CT molecular complexity index is 2720. The van der Waals surface area contributed by atoms with Crippen molar-refractivity contribution in [2.45, 2.75) is 242 Å². The lowest BCUT2D eigenvalue weighted by Gasteiger charge is -2.47. The number of hydrogen-bond donors (Lipinski definition) is 0. The Balaban J connectivity index is 0.000000158. The molecule has 5 heterocycles. The van der Waals surface area contributed by atoms with Crippen molar-refractivity contribution in [2.75, 3.05) is 45.8 Å². The minimum atomic E-state index is -0.123. The summed E-state index contributed by atoms with van der Waals surface area (Å²) in [5.41, 5.74) is 14.9. The highest BCUT2D eigenvalue weighted by atomic mass is 16.5. The van der Waals surface area contributed by atoms with Gasteiger partial charge in [0.25, 0.3) is 0 Å². The molecule has 0 aliphatic carbocycles. The summed E-state index contributed by atoms with van der Waals surface area (Å²) in [5.74, 6) is 0.994. The van der Waals surface area contributed by atoms with Crippen molar-refractivity contribution in [1.82, 2.24) is 4.90 Å². The first-order valence-corrected chi connectivity index (χ1v) is 29.6. The zero-order valence-electron chi connectivity index (χ0n) is 54.1. The maximum absolute atomic E-state index is 6.00. The zero-order valence-corrected chi connectivity index (χ0v) is 54.1.